The van der Waals surface area contributed by atoms with E-state index in [1.807, 2.05) is 13.0 Å². The maximum absolute atomic E-state index is 5.68. The van der Waals surface area contributed by atoms with Gasteiger partial charge < -0.3 is 0 Å². The maximum Gasteiger partial charge on any atom is 0.143 e. The molecule has 1 nitrogen and oxygen atoms in total. The van der Waals surface area contributed by atoms with Crippen molar-refractivity contribution in [1.82, 2.24) is 4.98 Å². The lowest BCUT2D eigenvalue weighted by molar-refractivity contribution is 1.19. The van der Waals surface area contributed by atoms with Gasteiger partial charge in [0.2, 0.25) is 0 Å². The zero-order chi connectivity index (χ0) is 7.56. The molecule has 0 atom stereocenters. The van der Waals surface area contributed by atoms with Crippen molar-refractivity contribution in [2.45, 2.75) is 11.8 Å². The minimum Gasteiger partial charge on any atom is -0.243 e. The van der Waals surface area contributed by atoms with Crippen LogP contribution in [0, 0.1) is 6.92 Å². The van der Waals surface area contributed by atoms with Gasteiger partial charge in [0, 0.05) is 6.20 Å². The summed E-state index contributed by atoms with van der Waals surface area (Å²) >= 11 is 5.68. The van der Waals surface area contributed by atoms with E-state index in [0.29, 0.717) is 5.15 Å². The monoisotopic (exact) mass is 193 g/mol. The molecule has 0 fully saturated rings. The standard InChI is InChI=1S/C6H5Cl2NS/c1-4-2-5(10-8)6(7)9-3-4/h2-3H,1H3. The molecule has 0 radical (unpaired) electrons. The van der Waals surface area contributed by atoms with Gasteiger partial charge >= 0.3 is 0 Å². The van der Waals surface area contributed by atoms with Gasteiger partial charge in [-0.3, -0.25) is 0 Å². The molecule has 0 amide bonds. The molecule has 1 aromatic heterocycles. The lowest BCUT2D eigenvalue weighted by atomic mass is 10.3. The Morgan fingerprint density at radius 3 is 2.80 bits per heavy atom. The Bertz CT molecular complexity index is 239. The average Bonchev–Trinajstić information content (AvgIpc) is 1.94. The van der Waals surface area contributed by atoms with Gasteiger partial charge in [0.05, 0.1) is 4.90 Å². The van der Waals surface area contributed by atoms with Crippen LogP contribution in [-0.4, -0.2) is 4.98 Å². The number of hydrogen-bond acceptors (Lipinski definition) is 2. The quantitative estimate of drug-likeness (QED) is 0.636. The fourth-order valence-electron chi connectivity index (χ4n) is 0.580. The third-order valence-electron chi connectivity index (χ3n) is 1.03. The number of hydrogen-bond donors (Lipinski definition) is 0. The molecule has 54 valence electrons. The predicted octanol–water partition coefficient (Wildman–Crippen LogP) is 3.29. The molecule has 0 unspecified atom stereocenters. The van der Waals surface area contributed by atoms with Crippen molar-refractivity contribution in [3.05, 3.63) is 23.0 Å². The van der Waals surface area contributed by atoms with E-state index in [1.54, 1.807) is 6.20 Å². The SMILES string of the molecule is Cc1cnc(Cl)c(SCl)c1. The van der Waals surface area contributed by atoms with Crippen LogP contribution >= 0.6 is 33.3 Å². The molecular formula is C6H5Cl2NS. The second kappa shape index (κ2) is 3.46. The van der Waals surface area contributed by atoms with E-state index in [-0.39, 0.29) is 0 Å². The Morgan fingerprint density at radius 2 is 2.30 bits per heavy atom. The lowest BCUT2D eigenvalue weighted by Crippen LogP contribution is -1.79. The normalized spacial score (nSPS) is 9.90. The van der Waals surface area contributed by atoms with Gasteiger partial charge in [0.1, 0.15) is 5.15 Å². The van der Waals surface area contributed by atoms with Crippen molar-refractivity contribution < 1.29 is 0 Å². The van der Waals surface area contributed by atoms with E-state index in [2.05, 4.69) is 4.98 Å². The second-order valence-corrected chi connectivity index (χ2v) is 3.29. The zero-order valence-electron chi connectivity index (χ0n) is 5.27. The van der Waals surface area contributed by atoms with E-state index < -0.39 is 0 Å². The topological polar surface area (TPSA) is 12.9 Å². The van der Waals surface area contributed by atoms with Crippen molar-refractivity contribution in [3.63, 3.8) is 0 Å². The van der Waals surface area contributed by atoms with Gasteiger partial charge in [-0.25, -0.2) is 4.98 Å². The van der Waals surface area contributed by atoms with Crippen LogP contribution < -0.4 is 0 Å². The highest BCUT2D eigenvalue weighted by molar-refractivity contribution is 8.21. The van der Waals surface area contributed by atoms with E-state index in [1.165, 1.54) is 0 Å². The summed E-state index contributed by atoms with van der Waals surface area (Å²) in [5, 5.41) is 0.464. The highest BCUT2D eigenvalue weighted by atomic mass is 35.7. The largest absolute Gasteiger partial charge is 0.243 e. The summed E-state index contributed by atoms with van der Waals surface area (Å²) in [6.07, 6.45) is 1.71. The predicted molar refractivity (Wildman–Crippen MR) is 45.7 cm³/mol. The molecule has 0 spiro atoms. The average molecular weight is 194 g/mol. The molecule has 0 saturated carbocycles. The first-order chi connectivity index (χ1) is 4.74. The minimum atomic E-state index is 0.464. The Balaban J connectivity index is 3.09. The van der Waals surface area contributed by atoms with Crippen LogP contribution in [0.25, 0.3) is 0 Å². The Labute approximate surface area is 73.2 Å². The molecule has 0 N–H and O–H groups in total. The van der Waals surface area contributed by atoms with E-state index >= 15 is 0 Å². The maximum atomic E-state index is 5.68. The molecule has 0 bridgehead atoms. The van der Waals surface area contributed by atoms with Gasteiger partial charge in [-0.05, 0) is 40.2 Å². The molecule has 0 aliphatic carbocycles. The summed E-state index contributed by atoms with van der Waals surface area (Å²) in [5.41, 5.74) is 1.06. The van der Waals surface area contributed by atoms with Gasteiger partial charge in [-0.1, -0.05) is 11.6 Å². The van der Waals surface area contributed by atoms with Crippen LogP contribution in [0.5, 0.6) is 0 Å². The fraction of sp³-hybridized carbons (Fsp3) is 0.167. The molecule has 10 heavy (non-hydrogen) atoms. The molecule has 1 heterocycles. The van der Waals surface area contributed by atoms with Gasteiger partial charge in [-0.15, -0.1) is 0 Å². The third-order valence-corrected chi connectivity index (χ3v) is 2.42. The van der Waals surface area contributed by atoms with Crippen LogP contribution in [0.2, 0.25) is 5.15 Å². The van der Waals surface area contributed by atoms with Crippen molar-refractivity contribution in [2.75, 3.05) is 0 Å². The van der Waals surface area contributed by atoms with E-state index in [4.69, 9.17) is 22.3 Å². The summed E-state index contributed by atoms with van der Waals surface area (Å²) in [6, 6.07) is 1.90. The number of aryl methyl sites for hydroxylation is 1. The highest BCUT2D eigenvalue weighted by Gasteiger charge is 1.99. The summed E-state index contributed by atoms with van der Waals surface area (Å²) in [5.74, 6) is 0. The van der Waals surface area contributed by atoms with Crippen LogP contribution in [0.3, 0.4) is 0 Å². The first-order valence-corrected chi connectivity index (χ1v) is 4.67. The van der Waals surface area contributed by atoms with E-state index in [9.17, 15) is 0 Å². The van der Waals surface area contributed by atoms with Crippen LogP contribution in [0.1, 0.15) is 5.56 Å². The number of aromatic nitrogens is 1. The Hall–Kier alpha value is 0.0800. The summed E-state index contributed by atoms with van der Waals surface area (Å²) < 4.78 is 0. The smallest absolute Gasteiger partial charge is 0.143 e. The van der Waals surface area contributed by atoms with E-state index in [0.717, 1.165) is 21.4 Å². The second-order valence-electron chi connectivity index (χ2n) is 1.88. The molecule has 0 aliphatic rings. The summed E-state index contributed by atoms with van der Waals surface area (Å²) in [7, 11) is 6.58. The van der Waals surface area contributed by atoms with Crippen molar-refractivity contribution in [2.24, 2.45) is 0 Å². The minimum absolute atomic E-state index is 0.464. The van der Waals surface area contributed by atoms with Gasteiger partial charge in [-0.2, -0.15) is 0 Å². The number of pyridine rings is 1. The fourth-order valence-corrected chi connectivity index (χ4v) is 1.62. The van der Waals surface area contributed by atoms with Gasteiger partial charge in [0.15, 0.2) is 0 Å². The zero-order valence-corrected chi connectivity index (χ0v) is 7.59. The van der Waals surface area contributed by atoms with Crippen molar-refractivity contribution in [3.8, 4) is 0 Å². The van der Waals surface area contributed by atoms with Crippen molar-refractivity contribution in [1.29, 1.82) is 0 Å². The molecule has 0 aromatic carbocycles. The third kappa shape index (κ3) is 1.78. The Kier molecular flexibility index (Phi) is 2.83. The molecular weight excluding hydrogens is 189 g/mol. The summed E-state index contributed by atoms with van der Waals surface area (Å²) in [4.78, 5) is 4.72. The molecule has 4 heteroatoms. The molecule has 0 saturated heterocycles. The number of halogens is 2. The Morgan fingerprint density at radius 1 is 1.60 bits per heavy atom. The molecule has 0 aliphatic heterocycles. The number of rotatable bonds is 1. The number of nitrogens with zero attached hydrogens (tertiary/aromatic N) is 1. The van der Waals surface area contributed by atoms with Crippen LogP contribution in [0.4, 0.5) is 0 Å². The molecule has 1 rings (SSSR count). The van der Waals surface area contributed by atoms with Crippen LogP contribution in [0.15, 0.2) is 17.2 Å². The highest BCUT2D eigenvalue weighted by Crippen LogP contribution is 2.28. The molecule has 1 aromatic rings. The lowest BCUT2D eigenvalue weighted by Gasteiger charge is -1.97. The van der Waals surface area contributed by atoms with Crippen LogP contribution in [-0.2, 0) is 0 Å². The van der Waals surface area contributed by atoms with Crippen molar-refractivity contribution >= 4 is 33.3 Å². The first kappa shape index (κ1) is 8.18. The van der Waals surface area contributed by atoms with Gasteiger partial charge in [0.25, 0.3) is 0 Å². The first-order valence-electron chi connectivity index (χ1n) is 2.65. The summed E-state index contributed by atoms with van der Waals surface area (Å²) in [6.45, 7) is 1.94.